The molecular weight excluding hydrogens is 390 g/mol. The number of amides is 1. The minimum atomic E-state index is 0.0735. The second-order valence-corrected chi connectivity index (χ2v) is 9.07. The van der Waals surface area contributed by atoms with Crippen molar-refractivity contribution in [2.24, 2.45) is 10.7 Å². The third kappa shape index (κ3) is 4.31. The number of nitrogens with two attached hydrogens (primary N) is 1. The van der Waals surface area contributed by atoms with Gasteiger partial charge in [-0.1, -0.05) is 38.1 Å². The zero-order chi connectivity index (χ0) is 21.1. The first-order valence-electron chi connectivity index (χ1n) is 10.8. The van der Waals surface area contributed by atoms with Crippen LogP contribution in [0.5, 0.6) is 0 Å². The van der Waals surface area contributed by atoms with Gasteiger partial charge in [-0.25, -0.2) is 4.99 Å². The molecular formula is C25H29N3OS. The molecule has 0 aromatic heterocycles. The summed E-state index contributed by atoms with van der Waals surface area (Å²) in [6.45, 7) is 5.73. The summed E-state index contributed by atoms with van der Waals surface area (Å²) in [5, 5.41) is 0. The fourth-order valence-electron chi connectivity index (χ4n) is 4.11. The maximum atomic E-state index is 13.1. The third-order valence-corrected chi connectivity index (χ3v) is 6.67. The molecule has 2 heterocycles. The summed E-state index contributed by atoms with van der Waals surface area (Å²) in [6.07, 6.45) is 5.41. The second-order valence-electron chi connectivity index (χ2n) is 7.94. The van der Waals surface area contributed by atoms with Crippen molar-refractivity contribution in [2.45, 2.75) is 44.4 Å². The Labute approximate surface area is 183 Å². The summed E-state index contributed by atoms with van der Waals surface area (Å²) in [5.74, 6) is 1.73. The van der Waals surface area contributed by atoms with Crippen LogP contribution in [0.25, 0.3) is 17.2 Å². The van der Waals surface area contributed by atoms with E-state index in [9.17, 15) is 4.79 Å². The van der Waals surface area contributed by atoms with Gasteiger partial charge in [-0.3, -0.25) is 4.79 Å². The molecule has 0 atom stereocenters. The maximum Gasteiger partial charge on any atom is 0.250 e. The molecule has 2 N–H and O–H groups in total. The number of carbonyl (C=O) groups excluding carboxylic acids is 1. The van der Waals surface area contributed by atoms with Crippen LogP contribution in [-0.4, -0.2) is 35.5 Å². The summed E-state index contributed by atoms with van der Waals surface area (Å²) in [6, 6.07) is 13.0. The van der Waals surface area contributed by atoms with Crippen molar-refractivity contribution in [3.63, 3.8) is 0 Å². The quantitative estimate of drug-likeness (QED) is 0.679. The van der Waals surface area contributed by atoms with Crippen LogP contribution in [0.3, 0.4) is 0 Å². The number of hydrogen-bond acceptors (Lipinski definition) is 4. The number of carbonyl (C=O) groups is 1. The Morgan fingerprint density at radius 3 is 2.60 bits per heavy atom. The van der Waals surface area contributed by atoms with E-state index in [2.05, 4.69) is 55.2 Å². The van der Waals surface area contributed by atoms with Gasteiger partial charge in [0, 0.05) is 41.3 Å². The summed E-state index contributed by atoms with van der Waals surface area (Å²) < 4.78 is 0. The smallest absolute Gasteiger partial charge is 0.250 e. The van der Waals surface area contributed by atoms with E-state index < -0.39 is 0 Å². The lowest BCUT2D eigenvalue weighted by Crippen LogP contribution is -2.34. The number of fused-ring (bicyclic) bond motifs is 2. The molecule has 0 radical (unpaired) electrons. The first kappa shape index (κ1) is 20.7. The van der Waals surface area contributed by atoms with Gasteiger partial charge in [0.15, 0.2) is 0 Å². The summed E-state index contributed by atoms with van der Waals surface area (Å²) >= 11 is 1.92. The van der Waals surface area contributed by atoms with E-state index in [1.165, 1.54) is 21.8 Å². The van der Waals surface area contributed by atoms with Crippen LogP contribution in [0.1, 0.15) is 44.2 Å². The highest BCUT2D eigenvalue weighted by Gasteiger charge is 2.21. The van der Waals surface area contributed by atoms with Gasteiger partial charge in [0.25, 0.3) is 0 Å². The highest BCUT2D eigenvalue weighted by Crippen LogP contribution is 2.37. The van der Waals surface area contributed by atoms with Gasteiger partial charge in [0.05, 0.1) is 5.69 Å². The molecule has 2 aromatic rings. The molecule has 2 aliphatic rings. The van der Waals surface area contributed by atoms with E-state index in [1.54, 1.807) is 0 Å². The predicted octanol–water partition coefficient (Wildman–Crippen LogP) is 5.43. The van der Waals surface area contributed by atoms with Gasteiger partial charge < -0.3 is 10.6 Å². The molecule has 2 aliphatic heterocycles. The molecule has 0 fully saturated rings. The zero-order valence-corrected chi connectivity index (χ0v) is 18.6. The van der Waals surface area contributed by atoms with E-state index in [1.807, 2.05) is 22.7 Å². The largest absolute Gasteiger partial charge is 0.387 e. The van der Waals surface area contributed by atoms with Crippen LogP contribution in [-0.2, 0) is 11.2 Å². The topological polar surface area (TPSA) is 58.7 Å². The molecule has 5 heteroatoms. The minimum Gasteiger partial charge on any atom is -0.387 e. The van der Waals surface area contributed by atoms with Crippen molar-refractivity contribution in [1.82, 2.24) is 4.90 Å². The fourth-order valence-corrected chi connectivity index (χ4v) is 5.22. The molecule has 0 saturated heterocycles. The van der Waals surface area contributed by atoms with Crippen LogP contribution in [0, 0.1) is 0 Å². The van der Waals surface area contributed by atoms with Gasteiger partial charge in [-0.15, -0.1) is 11.8 Å². The number of benzene rings is 2. The molecule has 0 saturated carbocycles. The molecule has 0 aliphatic carbocycles. The molecule has 4 rings (SSSR count). The lowest BCUT2D eigenvalue weighted by atomic mass is 9.99. The summed E-state index contributed by atoms with van der Waals surface area (Å²) in [5.41, 5.74) is 12.5. The zero-order valence-electron chi connectivity index (χ0n) is 17.8. The van der Waals surface area contributed by atoms with Crippen LogP contribution in [0.15, 0.2) is 51.9 Å². The van der Waals surface area contributed by atoms with Gasteiger partial charge in [0.2, 0.25) is 5.91 Å². The number of hydrogen-bond donors (Lipinski definition) is 1. The number of nitrogens with zero attached hydrogens (tertiary/aromatic N) is 2. The molecule has 0 bridgehead atoms. The highest BCUT2D eigenvalue weighted by molar-refractivity contribution is 7.99. The molecule has 4 nitrogen and oxygen atoms in total. The van der Waals surface area contributed by atoms with Gasteiger partial charge >= 0.3 is 0 Å². The van der Waals surface area contributed by atoms with Crippen molar-refractivity contribution in [3.8, 4) is 11.1 Å². The predicted molar refractivity (Wildman–Crippen MR) is 127 cm³/mol. The van der Waals surface area contributed by atoms with Crippen LogP contribution in [0.2, 0.25) is 0 Å². The number of aliphatic imine (C=N–C) groups is 1. The van der Waals surface area contributed by atoms with Crippen LogP contribution in [0.4, 0.5) is 5.69 Å². The molecule has 1 amide bonds. The van der Waals surface area contributed by atoms with E-state index in [4.69, 9.17) is 5.73 Å². The van der Waals surface area contributed by atoms with Crippen molar-refractivity contribution in [1.29, 1.82) is 0 Å². The standard InChI is InChI=1S/C25H29N3OS/c1-3-10-28(11-4-2)25(29)21-13-20-8-7-18(14-22(20)27-24(26)16-21)19-6-5-17-9-12-30-23(17)15-19/h5-8,13-15H,3-4,9-12,16H2,1-2H3,(H2,26,27). The number of aryl methyl sites for hydroxylation is 1. The third-order valence-electron chi connectivity index (χ3n) is 5.57. The molecule has 0 unspecified atom stereocenters. The molecule has 2 aromatic carbocycles. The molecule has 30 heavy (non-hydrogen) atoms. The highest BCUT2D eigenvalue weighted by atomic mass is 32.2. The SMILES string of the molecule is CCCN(CCC)C(=O)C1=Cc2ccc(-c3ccc4c(c3)SCC4)cc2N=C(N)C1. The van der Waals surface area contributed by atoms with Crippen molar-refractivity contribution in [2.75, 3.05) is 18.8 Å². The van der Waals surface area contributed by atoms with Gasteiger partial charge in [-0.2, -0.15) is 0 Å². The fraction of sp³-hybridized carbons (Fsp3) is 0.360. The lowest BCUT2D eigenvalue weighted by molar-refractivity contribution is -0.127. The number of rotatable bonds is 6. The van der Waals surface area contributed by atoms with Crippen LogP contribution >= 0.6 is 11.8 Å². The first-order chi connectivity index (χ1) is 14.6. The summed E-state index contributed by atoms with van der Waals surface area (Å²) in [4.78, 5) is 21.1. The van der Waals surface area contributed by atoms with E-state index in [0.29, 0.717) is 12.3 Å². The molecule has 156 valence electrons. The van der Waals surface area contributed by atoms with E-state index in [0.717, 1.165) is 54.7 Å². The average molecular weight is 420 g/mol. The minimum absolute atomic E-state index is 0.0735. The number of thioether (sulfide) groups is 1. The Bertz CT molecular complexity index is 1020. The monoisotopic (exact) mass is 419 g/mol. The van der Waals surface area contributed by atoms with Crippen LogP contribution < -0.4 is 5.73 Å². The normalized spacial score (nSPS) is 15.0. The van der Waals surface area contributed by atoms with E-state index in [-0.39, 0.29) is 5.91 Å². The first-order valence-corrected chi connectivity index (χ1v) is 11.8. The molecule has 0 spiro atoms. The Hall–Kier alpha value is -2.53. The summed E-state index contributed by atoms with van der Waals surface area (Å²) in [7, 11) is 0. The Balaban J connectivity index is 1.67. The van der Waals surface area contributed by atoms with Crippen molar-refractivity contribution < 1.29 is 4.79 Å². The van der Waals surface area contributed by atoms with Gasteiger partial charge in [0.1, 0.15) is 5.84 Å². The van der Waals surface area contributed by atoms with Crippen molar-refractivity contribution in [3.05, 3.63) is 53.1 Å². The Morgan fingerprint density at radius 1 is 1.10 bits per heavy atom. The van der Waals surface area contributed by atoms with Gasteiger partial charge in [-0.05, 0) is 54.2 Å². The van der Waals surface area contributed by atoms with E-state index >= 15 is 0 Å². The maximum absolute atomic E-state index is 13.1. The van der Waals surface area contributed by atoms with Crippen molar-refractivity contribution >= 4 is 35.3 Å². The number of amidine groups is 1. The lowest BCUT2D eigenvalue weighted by Gasteiger charge is -2.22. The average Bonchev–Trinajstić information content (AvgIpc) is 3.14. The second kappa shape index (κ2) is 9.09. The Kier molecular flexibility index (Phi) is 6.28. The Morgan fingerprint density at radius 2 is 1.83 bits per heavy atom.